The van der Waals surface area contributed by atoms with Crippen LogP contribution in [0.4, 0.5) is 0 Å². The first kappa shape index (κ1) is 16.0. The van der Waals surface area contributed by atoms with Crippen molar-refractivity contribution in [2.45, 2.75) is 50.9 Å². The van der Waals surface area contributed by atoms with Gasteiger partial charge in [-0.05, 0) is 18.8 Å². The largest absolute Gasteiger partial charge is 0.394 e. The fourth-order valence-corrected chi connectivity index (χ4v) is 2.26. The Morgan fingerprint density at radius 3 is 2.67 bits per heavy atom. The Labute approximate surface area is 124 Å². The lowest BCUT2D eigenvalue weighted by Crippen LogP contribution is -2.49. The number of rotatable bonds is 7. The SMILES string of the molecule is CCC(=O)N[C@H]1C=C[C@H](CC(=O)NCC2CC2)O[C@H]1CO. The summed E-state index contributed by atoms with van der Waals surface area (Å²) in [6.45, 7) is 2.32. The number of hydrogen-bond donors (Lipinski definition) is 3. The quantitative estimate of drug-likeness (QED) is 0.582. The fourth-order valence-electron chi connectivity index (χ4n) is 2.26. The van der Waals surface area contributed by atoms with Crippen LogP contribution in [0.25, 0.3) is 0 Å². The molecular weight excluding hydrogens is 272 g/mol. The molecule has 118 valence electrons. The van der Waals surface area contributed by atoms with Crippen LogP contribution in [0.5, 0.6) is 0 Å². The van der Waals surface area contributed by atoms with Crippen LogP contribution in [0.1, 0.15) is 32.6 Å². The highest BCUT2D eigenvalue weighted by atomic mass is 16.5. The van der Waals surface area contributed by atoms with E-state index in [0.29, 0.717) is 12.3 Å². The van der Waals surface area contributed by atoms with E-state index in [1.165, 1.54) is 12.8 Å². The van der Waals surface area contributed by atoms with Crippen molar-refractivity contribution in [1.82, 2.24) is 10.6 Å². The summed E-state index contributed by atoms with van der Waals surface area (Å²) in [5.74, 6) is 0.521. The van der Waals surface area contributed by atoms with Crippen LogP contribution in [0.3, 0.4) is 0 Å². The third-order valence-corrected chi connectivity index (χ3v) is 3.78. The van der Waals surface area contributed by atoms with Crippen molar-refractivity contribution in [1.29, 1.82) is 0 Å². The highest BCUT2D eigenvalue weighted by Crippen LogP contribution is 2.27. The van der Waals surface area contributed by atoms with Crippen molar-refractivity contribution in [2.24, 2.45) is 5.92 Å². The molecule has 2 rings (SSSR count). The predicted octanol–water partition coefficient (Wildman–Crippen LogP) is 0.113. The van der Waals surface area contributed by atoms with Crippen molar-refractivity contribution in [3.05, 3.63) is 12.2 Å². The Balaban J connectivity index is 1.80. The minimum absolute atomic E-state index is 0.0377. The lowest BCUT2D eigenvalue weighted by atomic mass is 10.0. The van der Waals surface area contributed by atoms with Crippen LogP contribution in [-0.2, 0) is 14.3 Å². The van der Waals surface area contributed by atoms with Crippen molar-refractivity contribution < 1.29 is 19.4 Å². The van der Waals surface area contributed by atoms with Gasteiger partial charge in [0.15, 0.2) is 0 Å². The Hall–Kier alpha value is -1.40. The monoisotopic (exact) mass is 296 g/mol. The van der Waals surface area contributed by atoms with Crippen molar-refractivity contribution in [3.63, 3.8) is 0 Å². The normalized spacial score (nSPS) is 28.2. The Morgan fingerprint density at radius 2 is 2.05 bits per heavy atom. The Morgan fingerprint density at radius 1 is 1.29 bits per heavy atom. The maximum atomic E-state index is 11.8. The molecule has 0 aromatic carbocycles. The van der Waals surface area contributed by atoms with Crippen molar-refractivity contribution in [3.8, 4) is 0 Å². The van der Waals surface area contributed by atoms with Gasteiger partial charge in [-0.3, -0.25) is 9.59 Å². The molecule has 0 aromatic heterocycles. The van der Waals surface area contributed by atoms with Crippen LogP contribution < -0.4 is 10.6 Å². The molecule has 2 amide bonds. The molecule has 0 unspecified atom stereocenters. The standard InChI is InChI=1S/C15H24N2O4/c1-2-14(19)17-12-6-5-11(21-13(12)9-18)7-15(20)16-8-10-3-4-10/h5-6,10-13,18H,2-4,7-9H2,1H3,(H,16,20)(H,17,19)/t11-,12+,13+/m1/s1. The molecule has 0 aromatic rings. The number of hydrogen-bond acceptors (Lipinski definition) is 4. The van der Waals surface area contributed by atoms with E-state index in [2.05, 4.69) is 10.6 Å². The lowest BCUT2D eigenvalue weighted by Gasteiger charge is -2.31. The predicted molar refractivity (Wildman–Crippen MR) is 77.5 cm³/mol. The molecule has 1 fully saturated rings. The lowest BCUT2D eigenvalue weighted by molar-refractivity contribution is -0.128. The maximum absolute atomic E-state index is 11.8. The number of carbonyl (C=O) groups excluding carboxylic acids is 2. The topological polar surface area (TPSA) is 87.7 Å². The summed E-state index contributed by atoms with van der Waals surface area (Å²) < 4.78 is 5.67. The number of ether oxygens (including phenoxy) is 1. The summed E-state index contributed by atoms with van der Waals surface area (Å²) in [5.41, 5.74) is 0. The van der Waals surface area contributed by atoms with Crippen LogP contribution >= 0.6 is 0 Å². The molecule has 0 saturated heterocycles. The first-order chi connectivity index (χ1) is 10.1. The molecular formula is C15H24N2O4. The van der Waals surface area contributed by atoms with Gasteiger partial charge >= 0.3 is 0 Å². The summed E-state index contributed by atoms with van der Waals surface area (Å²) in [6, 6.07) is -0.340. The van der Waals surface area contributed by atoms with Crippen LogP contribution in [0.15, 0.2) is 12.2 Å². The fraction of sp³-hybridized carbons (Fsp3) is 0.733. The van der Waals surface area contributed by atoms with E-state index >= 15 is 0 Å². The first-order valence-corrected chi connectivity index (χ1v) is 7.63. The molecule has 1 aliphatic carbocycles. The number of amides is 2. The zero-order valence-electron chi connectivity index (χ0n) is 12.4. The molecule has 1 heterocycles. The second-order valence-corrected chi connectivity index (χ2v) is 5.68. The van der Waals surface area contributed by atoms with Gasteiger partial charge in [-0.25, -0.2) is 0 Å². The van der Waals surface area contributed by atoms with Gasteiger partial charge in [0, 0.05) is 13.0 Å². The van der Waals surface area contributed by atoms with E-state index < -0.39 is 6.10 Å². The zero-order chi connectivity index (χ0) is 15.2. The van der Waals surface area contributed by atoms with Crippen molar-refractivity contribution >= 4 is 11.8 Å². The molecule has 1 aliphatic heterocycles. The van der Waals surface area contributed by atoms with Gasteiger partial charge in [0.1, 0.15) is 6.10 Å². The summed E-state index contributed by atoms with van der Waals surface area (Å²) >= 11 is 0. The Bertz CT molecular complexity index is 406. The van der Waals surface area contributed by atoms with Gasteiger partial charge in [-0.2, -0.15) is 0 Å². The summed E-state index contributed by atoms with van der Waals surface area (Å²) in [6.07, 6.45) is 5.75. The van der Waals surface area contributed by atoms with E-state index in [0.717, 1.165) is 6.54 Å². The molecule has 0 spiro atoms. The summed E-state index contributed by atoms with van der Waals surface area (Å²) in [4.78, 5) is 23.2. The molecule has 6 nitrogen and oxygen atoms in total. The molecule has 1 saturated carbocycles. The molecule has 0 bridgehead atoms. The van der Waals surface area contributed by atoms with Crippen LogP contribution in [0.2, 0.25) is 0 Å². The zero-order valence-corrected chi connectivity index (χ0v) is 12.4. The van der Waals surface area contributed by atoms with E-state index in [9.17, 15) is 14.7 Å². The second-order valence-electron chi connectivity index (χ2n) is 5.68. The number of aliphatic hydroxyl groups excluding tert-OH is 1. The van der Waals surface area contributed by atoms with Gasteiger partial charge in [0.2, 0.25) is 11.8 Å². The molecule has 6 heteroatoms. The minimum atomic E-state index is -0.508. The average molecular weight is 296 g/mol. The molecule has 3 N–H and O–H groups in total. The molecule has 21 heavy (non-hydrogen) atoms. The van der Waals surface area contributed by atoms with Gasteiger partial charge in [-0.1, -0.05) is 19.1 Å². The third-order valence-electron chi connectivity index (χ3n) is 3.78. The maximum Gasteiger partial charge on any atom is 0.222 e. The van der Waals surface area contributed by atoms with Gasteiger partial charge in [0.25, 0.3) is 0 Å². The highest BCUT2D eigenvalue weighted by molar-refractivity contribution is 5.77. The highest BCUT2D eigenvalue weighted by Gasteiger charge is 2.29. The number of nitrogens with one attached hydrogen (secondary N) is 2. The minimum Gasteiger partial charge on any atom is -0.394 e. The first-order valence-electron chi connectivity index (χ1n) is 7.63. The number of carbonyl (C=O) groups is 2. The van der Waals surface area contributed by atoms with E-state index in [1.54, 1.807) is 19.1 Å². The van der Waals surface area contributed by atoms with E-state index in [4.69, 9.17) is 4.74 Å². The van der Waals surface area contributed by atoms with Gasteiger partial charge in [0.05, 0.1) is 25.2 Å². The van der Waals surface area contributed by atoms with Gasteiger partial charge in [-0.15, -0.1) is 0 Å². The summed E-state index contributed by atoms with van der Waals surface area (Å²) in [7, 11) is 0. The van der Waals surface area contributed by atoms with E-state index in [-0.39, 0.29) is 37.0 Å². The molecule has 2 aliphatic rings. The second kappa shape index (κ2) is 7.56. The van der Waals surface area contributed by atoms with E-state index in [1.807, 2.05) is 0 Å². The average Bonchev–Trinajstić information content (AvgIpc) is 3.30. The third kappa shape index (κ3) is 5.13. The summed E-state index contributed by atoms with van der Waals surface area (Å²) in [5, 5.41) is 15.0. The van der Waals surface area contributed by atoms with Gasteiger partial charge < -0.3 is 20.5 Å². The Kier molecular flexibility index (Phi) is 5.76. The van der Waals surface area contributed by atoms with Crippen molar-refractivity contribution in [2.75, 3.05) is 13.2 Å². The van der Waals surface area contributed by atoms with Crippen LogP contribution in [-0.4, -0.2) is 48.3 Å². The van der Waals surface area contributed by atoms with Crippen LogP contribution in [0, 0.1) is 5.92 Å². The number of aliphatic hydroxyl groups is 1. The molecule has 0 radical (unpaired) electrons. The molecule has 3 atom stereocenters. The smallest absolute Gasteiger partial charge is 0.222 e.